The second-order valence-electron chi connectivity index (χ2n) is 6.37. The number of amides is 1. The summed E-state index contributed by atoms with van der Waals surface area (Å²) in [5.41, 5.74) is 2.52. The molecule has 154 valence electrons. The molecule has 0 saturated heterocycles. The number of hydrogen-bond acceptors (Lipinski definition) is 4. The fourth-order valence-electron chi connectivity index (χ4n) is 2.51. The molecule has 9 heteroatoms. The molecule has 0 aliphatic carbocycles. The maximum atomic E-state index is 12.4. The number of benzene rings is 3. The Morgan fingerprint density at radius 2 is 1.50 bits per heavy atom. The maximum absolute atomic E-state index is 12.4. The van der Waals surface area contributed by atoms with Gasteiger partial charge in [-0.1, -0.05) is 35.9 Å². The molecular weight excluding hydrogens is 442 g/mol. The normalized spacial score (nSPS) is 10.9. The predicted octanol–water partition coefficient (Wildman–Crippen LogP) is 4.58. The Labute approximate surface area is 185 Å². The van der Waals surface area contributed by atoms with E-state index >= 15 is 0 Å². The van der Waals surface area contributed by atoms with Crippen molar-refractivity contribution >= 4 is 56.2 Å². The van der Waals surface area contributed by atoms with E-state index in [0.29, 0.717) is 15.8 Å². The Morgan fingerprint density at radius 1 is 0.900 bits per heavy atom. The Morgan fingerprint density at radius 3 is 2.13 bits per heavy atom. The van der Waals surface area contributed by atoms with Crippen LogP contribution in [0, 0.1) is 6.92 Å². The number of thiocarbonyl (C=S) groups is 1. The molecule has 0 aliphatic rings. The van der Waals surface area contributed by atoms with Crippen LogP contribution >= 0.6 is 23.8 Å². The van der Waals surface area contributed by atoms with Crippen molar-refractivity contribution in [2.75, 3.05) is 10.6 Å². The lowest BCUT2D eigenvalue weighted by atomic mass is 10.2. The largest absolute Gasteiger partial charge is 0.332 e. The number of sulfonamides is 1. The van der Waals surface area contributed by atoms with Gasteiger partial charge >= 0.3 is 0 Å². The molecule has 0 aliphatic heterocycles. The lowest BCUT2D eigenvalue weighted by Gasteiger charge is -2.12. The molecule has 0 heterocycles. The van der Waals surface area contributed by atoms with E-state index in [1.54, 1.807) is 36.4 Å². The highest BCUT2D eigenvalue weighted by Gasteiger charge is 2.18. The highest BCUT2D eigenvalue weighted by molar-refractivity contribution is 7.90. The van der Waals surface area contributed by atoms with Crippen molar-refractivity contribution in [3.8, 4) is 0 Å². The number of anilines is 2. The lowest BCUT2D eigenvalue weighted by Crippen LogP contribution is -2.30. The van der Waals surface area contributed by atoms with Crippen LogP contribution in [-0.2, 0) is 10.0 Å². The number of halogens is 1. The van der Waals surface area contributed by atoms with Crippen molar-refractivity contribution in [1.82, 2.24) is 4.72 Å². The first-order valence-corrected chi connectivity index (χ1v) is 11.1. The van der Waals surface area contributed by atoms with Gasteiger partial charge in [0.1, 0.15) is 0 Å². The van der Waals surface area contributed by atoms with Gasteiger partial charge in [-0.15, -0.1) is 0 Å². The second kappa shape index (κ2) is 9.25. The minimum absolute atomic E-state index is 0.0403. The molecule has 0 saturated carbocycles. The van der Waals surface area contributed by atoms with Gasteiger partial charge in [0.05, 0.1) is 4.90 Å². The van der Waals surface area contributed by atoms with Gasteiger partial charge in [-0.3, -0.25) is 4.79 Å². The van der Waals surface area contributed by atoms with Crippen LogP contribution in [0.15, 0.2) is 77.7 Å². The summed E-state index contributed by atoms with van der Waals surface area (Å²) < 4.78 is 26.9. The molecule has 0 atom stereocenters. The summed E-state index contributed by atoms with van der Waals surface area (Å²) in [5, 5.41) is 6.92. The van der Waals surface area contributed by atoms with E-state index in [4.69, 9.17) is 23.8 Å². The molecule has 0 fully saturated rings. The molecule has 0 spiro atoms. The van der Waals surface area contributed by atoms with Crippen LogP contribution in [0.25, 0.3) is 0 Å². The van der Waals surface area contributed by atoms with Gasteiger partial charge in [0, 0.05) is 22.0 Å². The highest BCUT2D eigenvalue weighted by atomic mass is 35.5. The van der Waals surface area contributed by atoms with Gasteiger partial charge < -0.3 is 10.6 Å². The van der Waals surface area contributed by atoms with E-state index < -0.39 is 15.9 Å². The lowest BCUT2D eigenvalue weighted by molar-refractivity contribution is 0.0981. The van der Waals surface area contributed by atoms with Crippen molar-refractivity contribution in [3.05, 3.63) is 88.9 Å². The number of carbonyl (C=O) groups is 1. The highest BCUT2D eigenvalue weighted by Crippen LogP contribution is 2.20. The van der Waals surface area contributed by atoms with Crippen LogP contribution in [-0.4, -0.2) is 19.4 Å². The van der Waals surface area contributed by atoms with Crippen molar-refractivity contribution in [1.29, 1.82) is 0 Å². The fourth-order valence-corrected chi connectivity index (χ4v) is 3.90. The molecule has 3 rings (SSSR count). The molecule has 0 aromatic heterocycles. The zero-order valence-electron chi connectivity index (χ0n) is 15.8. The Hall–Kier alpha value is -2.94. The van der Waals surface area contributed by atoms with Crippen molar-refractivity contribution in [2.45, 2.75) is 11.8 Å². The number of rotatable bonds is 5. The minimum Gasteiger partial charge on any atom is -0.332 e. The zero-order chi connectivity index (χ0) is 21.7. The number of hydrogen-bond donors (Lipinski definition) is 3. The van der Waals surface area contributed by atoms with Gasteiger partial charge in [0.15, 0.2) is 5.11 Å². The topological polar surface area (TPSA) is 87.3 Å². The van der Waals surface area contributed by atoms with E-state index in [0.717, 1.165) is 11.3 Å². The first-order chi connectivity index (χ1) is 14.2. The average molecular weight is 460 g/mol. The van der Waals surface area contributed by atoms with Crippen LogP contribution < -0.4 is 15.4 Å². The summed E-state index contributed by atoms with van der Waals surface area (Å²) in [6.07, 6.45) is 0. The maximum Gasteiger partial charge on any atom is 0.264 e. The van der Waals surface area contributed by atoms with Crippen LogP contribution in [0.1, 0.15) is 15.9 Å². The molecule has 3 aromatic rings. The predicted molar refractivity (Wildman–Crippen MR) is 124 cm³/mol. The summed E-state index contributed by atoms with van der Waals surface area (Å²) in [6, 6.07) is 19.5. The number of nitrogens with one attached hydrogen (secondary N) is 3. The summed E-state index contributed by atoms with van der Waals surface area (Å²) in [7, 11) is -4.00. The molecule has 1 amide bonds. The fraction of sp³-hybridized carbons (Fsp3) is 0.0476. The first kappa shape index (κ1) is 21.8. The monoisotopic (exact) mass is 459 g/mol. The summed E-state index contributed by atoms with van der Waals surface area (Å²) >= 11 is 11.4. The Kier molecular flexibility index (Phi) is 6.71. The van der Waals surface area contributed by atoms with Crippen molar-refractivity contribution in [3.63, 3.8) is 0 Å². The SMILES string of the molecule is Cc1ccc(NC(=S)Nc2ccc(S(=O)(=O)NC(=O)c3ccccc3)cc2)cc1Cl. The molecule has 0 bridgehead atoms. The van der Waals surface area contributed by atoms with Gasteiger partial charge in [0.2, 0.25) is 0 Å². The smallest absolute Gasteiger partial charge is 0.264 e. The van der Waals surface area contributed by atoms with Gasteiger partial charge in [0.25, 0.3) is 15.9 Å². The van der Waals surface area contributed by atoms with E-state index in [1.807, 2.05) is 19.1 Å². The van der Waals surface area contributed by atoms with E-state index in [1.165, 1.54) is 24.3 Å². The van der Waals surface area contributed by atoms with Gasteiger partial charge in [-0.25, -0.2) is 13.1 Å². The van der Waals surface area contributed by atoms with E-state index in [2.05, 4.69) is 15.4 Å². The Bertz CT molecular complexity index is 1180. The molecule has 30 heavy (non-hydrogen) atoms. The first-order valence-electron chi connectivity index (χ1n) is 8.81. The van der Waals surface area contributed by atoms with E-state index in [-0.39, 0.29) is 10.5 Å². The van der Waals surface area contributed by atoms with Crippen molar-refractivity contribution in [2.24, 2.45) is 0 Å². The van der Waals surface area contributed by atoms with Gasteiger partial charge in [-0.2, -0.15) is 0 Å². The third-order valence-corrected chi connectivity index (χ3v) is 6.07. The van der Waals surface area contributed by atoms with E-state index in [9.17, 15) is 13.2 Å². The number of aryl methyl sites for hydroxylation is 1. The van der Waals surface area contributed by atoms with Crippen LogP contribution in [0.3, 0.4) is 0 Å². The van der Waals surface area contributed by atoms with Crippen molar-refractivity contribution < 1.29 is 13.2 Å². The van der Waals surface area contributed by atoms with Gasteiger partial charge in [-0.05, 0) is 73.2 Å². The second-order valence-corrected chi connectivity index (χ2v) is 8.87. The Balaban J connectivity index is 1.64. The summed E-state index contributed by atoms with van der Waals surface area (Å²) in [6.45, 7) is 1.90. The number of carbonyl (C=O) groups excluding carboxylic acids is 1. The minimum atomic E-state index is -4.00. The summed E-state index contributed by atoms with van der Waals surface area (Å²) in [4.78, 5) is 12.1. The van der Waals surface area contributed by atoms with Crippen LogP contribution in [0.2, 0.25) is 5.02 Å². The molecule has 3 aromatic carbocycles. The third kappa shape index (κ3) is 5.56. The molecular formula is C21H18ClN3O3S2. The molecule has 0 radical (unpaired) electrons. The molecule has 6 nitrogen and oxygen atoms in total. The van der Waals surface area contributed by atoms with Crippen LogP contribution in [0.5, 0.6) is 0 Å². The third-order valence-electron chi connectivity index (χ3n) is 4.12. The standard InChI is InChI=1S/C21H18ClN3O3S2/c1-14-7-8-17(13-19(14)22)24-21(29)23-16-9-11-18(12-10-16)30(27,28)25-20(26)15-5-3-2-4-6-15/h2-13H,1H3,(H,25,26)(H2,23,24,29). The molecule has 3 N–H and O–H groups in total. The van der Waals surface area contributed by atoms with Crippen LogP contribution in [0.4, 0.5) is 11.4 Å². The quantitative estimate of drug-likeness (QED) is 0.484. The zero-order valence-corrected chi connectivity index (χ0v) is 18.2. The molecule has 0 unspecified atom stereocenters. The summed E-state index contributed by atoms with van der Waals surface area (Å²) in [5.74, 6) is -0.695. The average Bonchev–Trinajstić information content (AvgIpc) is 2.71.